The Kier molecular flexibility index (Phi) is 5.77. The Morgan fingerprint density at radius 1 is 1.30 bits per heavy atom. The van der Waals surface area contributed by atoms with Crippen molar-refractivity contribution in [3.63, 3.8) is 0 Å². The van der Waals surface area contributed by atoms with E-state index in [0.29, 0.717) is 13.0 Å². The lowest BCUT2D eigenvalue weighted by Crippen LogP contribution is -2.57. The third kappa shape index (κ3) is 4.55. The van der Waals surface area contributed by atoms with Crippen molar-refractivity contribution in [2.45, 2.75) is 52.2 Å². The molecule has 0 aromatic heterocycles. The van der Waals surface area contributed by atoms with Crippen molar-refractivity contribution in [2.24, 2.45) is 0 Å². The highest BCUT2D eigenvalue weighted by Gasteiger charge is 2.29. The van der Waals surface area contributed by atoms with Gasteiger partial charge in [-0.15, -0.1) is 0 Å². The van der Waals surface area contributed by atoms with Gasteiger partial charge in [0.05, 0.1) is 12.5 Å². The van der Waals surface area contributed by atoms with Crippen LogP contribution < -0.4 is 10.6 Å². The summed E-state index contributed by atoms with van der Waals surface area (Å²) in [6.45, 7) is 9.19. The summed E-state index contributed by atoms with van der Waals surface area (Å²) in [5.41, 5.74) is 2.13. The van der Waals surface area contributed by atoms with E-state index in [1.807, 2.05) is 36.1 Å². The fourth-order valence-electron chi connectivity index (χ4n) is 3.00. The van der Waals surface area contributed by atoms with Crippen molar-refractivity contribution in [2.75, 3.05) is 13.1 Å². The molecule has 1 saturated heterocycles. The van der Waals surface area contributed by atoms with Gasteiger partial charge in [0.25, 0.3) is 0 Å². The highest BCUT2D eigenvalue weighted by molar-refractivity contribution is 5.79. The molecule has 1 aliphatic heterocycles. The summed E-state index contributed by atoms with van der Waals surface area (Å²) in [7, 11) is 0. The standard InChI is InChI=1S/C18H27N3O2/c1-12-5-7-16(8-6-12)17(20-15(4)22)11-18(23)21-10-9-19-13(2)14(21)3/h5-8,13-14,17,19H,9-11H2,1-4H3,(H,20,22). The summed E-state index contributed by atoms with van der Waals surface area (Å²) < 4.78 is 0. The third-order valence-electron chi connectivity index (χ3n) is 4.59. The molecule has 1 heterocycles. The van der Waals surface area contributed by atoms with Gasteiger partial charge in [-0.25, -0.2) is 0 Å². The number of rotatable bonds is 4. The molecular weight excluding hydrogens is 290 g/mol. The minimum atomic E-state index is -0.280. The predicted molar refractivity (Wildman–Crippen MR) is 91.0 cm³/mol. The number of aryl methyl sites for hydroxylation is 1. The second-order valence-electron chi connectivity index (χ2n) is 6.44. The van der Waals surface area contributed by atoms with Gasteiger partial charge in [0.2, 0.25) is 11.8 Å². The van der Waals surface area contributed by atoms with Gasteiger partial charge >= 0.3 is 0 Å². The molecule has 5 heteroatoms. The number of benzene rings is 1. The van der Waals surface area contributed by atoms with Gasteiger partial charge in [-0.05, 0) is 26.3 Å². The summed E-state index contributed by atoms with van der Waals surface area (Å²) in [6, 6.07) is 8.13. The minimum absolute atomic E-state index is 0.0881. The first-order valence-corrected chi connectivity index (χ1v) is 8.25. The highest BCUT2D eigenvalue weighted by atomic mass is 16.2. The Hall–Kier alpha value is -1.88. The molecule has 2 N–H and O–H groups in total. The van der Waals surface area contributed by atoms with Crippen LogP contribution in [0.2, 0.25) is 0 Å². The molecule has 0 saturated carbocycles. The maximum Gasteiger partial charge on any atom is 0.225 e. The fourth-order valence-corrected chi connectivity index (χ4v) is 3.00. The average molecular weight is 317 g/mol. The molecule has 1 aromatic carbocycles. The second-order valence-corrected chi connectivity index (χ2v) is 6.44. The van der Waals surface area contributed by atoms with E-state index in [-0.39, 0.29) is 29.9 Å². The molecule has 5 nitrogen and oxygen atoms in total. The molecule has 3 atom stereocenters. The minimum Gasteiger partial charge on any atom is -0.349 e. The molecule has 0 aliphatic carbocycles. The number of amides is 2. The van der Waals surface area contributed by atoms with E-state index < -0.39 is 0 Å². The van der Waals surface area contributed by atoms with Gasteiger partial charge in [-0.2, -0.15) is 0 Å². The molecule has 0 radical (unpaired) electrons. The van der Waals surface area contributed by atoms with Crippen LogP contribution in [0.1, 0.15) is 44.4 Å². The monoisotopic (exact) mass is 317 g/mol. The molecule has 1 aromatic rings. The van der Waals surface area contributed by atoms with E-state index in [1.165, 1.54) is 6.92 Å². The van der Waals surface area contributed by atoms with Gasteiger partial charge in [0.1, 0.15) is 0 Å². The second kappa shape index (κ2) is 7.59. The van der Waals surface area contributed by atoms with Gasteiger partial charge < -0.3 is 15.5 Å². The van der Waals surface area contributed by atoms with Crippen LogP contribution in [0, 0.1) is 6.92 Å². The van der Waals surface area contributed by atoms with Gasteiger partial charge in [-0.3, -0.25) is 9.59 Å². The summed E-state index contributed by atoms with van der Waals surface area (Å²) in [5, 5.41) is 6.29. The normalized spacial score (nSPS) is 22.5. The number of nitrogens with one attached hydrogen (secondary N) is 2. The Morgan fingerprint density at radius 2 is 1.96 bits per heavy atom. The first-order valence-electron chi connectivity index (χ1n) is 8.25. The van der Waals surface area contributed by atoms with E-state index in [4.69, 9.17) is 0 Å². The van der Waals surface area contributed by atoms with Crippen molar-refractivity contribution in [1.82, 2.24) is 15.5 Å². The lowest BCUT2D eigenvalue weighted by molar-refractivity contribution is -0.135. The number of hydrogen-bond donors (Lipinski definition) is 2. The number of carbonyl (C=O) groups excluding carboxylic acids is 2. The topological polar surface area (TPSA) is 61.4 Å². The first-order chi connectivity index (χ1) is 10.9. The van der Waals surface area contributed by atoms with E-state index in [9.17, 15) is 9.59 Å². The number of nitrogens with zero attached hydrogens (tertiary/aromatic N) is 1. The summed E-state index contributed by atoms with van der Waals surface area (Å²) in [5.74, 6) is -0.0322. The molecule has 0 spiro atoms. The van der Waals surface area contributed by atoms with Crippen LogP contribution in [0.25, 0.3) is 0 Å². The van der Waals surface area contributed by atoms with E-state index >= 15 is 0 Å². The molecule has 1 fully saturated rings. The van der Waals surface area contributed by atoms with Crippen LogP contribution in [0.5, 0.6) is 0 Å². The van der Waals surface area contributed by atoms with E-state index in [0.717, 1.165) is 17.7 Å². The van der Waals surface area contributed by atoms with Crippen LogP contribution in [-0.2, 0) is 9.59 Å². The lowest BCUT2D eigenvalue weighted by Gasteiger charge is -2.39. The summed E-state index contributed by atoms with van der Waals surface area (Å²) in [6.07, 6.45) is 0.291. The maximum absolute atomic E-state index is 12.7. The largest absolute Gasteiger partial charge is 0.349 e. The molecule has 3 unspecified atom stereocenters. The van der Waals surface area contributed by atoms with Crippen molar-refractivity contribution in [1.29, 1.82) is 0 Å². The van der Waals surface area contributed by atoms with Crippen LogP contribution in [0.3, 0.4) is 0 Å². The Morgan fingerprint density at radius 3 is 2.57 bits per heavy atom. The Bertz CT molecular complexity index is 556. The van der Waals surface area contributed by atoms with Gasteiger partial charge in [-0.1, -0.05) is 29.8 Å². The van der Waals surface area contributed by atoms with Crippen LogP contribution in [0.15, 0.2) is 24.3 Å². The van der Waals surface area contributed by atoms with E-state index in [1.54, 1.807) is 0 Å². The average Bonchev–Trinajstić information content (AvgIpc) is 2.49. The van der Waals surface area contributed by atoms with Crippen molar-refractivity contribution < 1.29 is 9.59 Å². The molecule has 1 aliphatic rings. The third-order valence-corrected chi connectivity index (χ3v) is 4.59. The van der Waals surface area contributed by atoms with Crippen LogP contribution in [0.4, 0.5) is 0 Å². The van der Waals surface area contributed by atoms with Crippen molar-refractivity contribution in [3.05, 3.63) is 35.4 Å². The zero-order chi connectivity index (χ0) is 17.0. The maximum atomic E-state index is 12.7. The molecule has 2 amide bonds. The van der Waals surface area contributed by atoms with E-state index in [2.05, 4.69) is 24.5 Å². The zero-order valence-electron chi connectivity index (χ0n) is 14.4. The van der Waals surface area contributed by atoms with Crippen molar-refractivity contribution in [3.8, 4) is 0 Å². The molecule has 23 heavy (non-hydrogen) atoms. The lowest BCUT2D eigenvalue weighted by atomic mass is 10.00. The first kappa shape index (κ1) is 17.5. The number of carbonyl (C=O) groups is 2. The highest BCUT2D eigenvalue weighted by Crippen LogP contribution is 2.20. The Labute approximate surface area is 138 Å². The van der Waals surface area contributed by atoms with Crippen molar-refractivity contribution >= 4 is 11.8 Å². The number of piperazine rings is 1. The summed E-state index contributed by atoms with van der Waals surface area (Å²) >= 11 is 0. The quantitative estimate of drug-likeness (QED) is 0.890. The molecule has 0 bridgehead atoms. The smallest absolute Gasteiger partial charge is 0.225 e. The van der Waals surface area contributed by atoms with Gasteiger partial charge in [0.15, 0.2) is 0 Å². The molecular formula is C18H27N3O2. The predicted octanol–water partition coefficient (Wildman–Crippen LogP) is 1.77. The summed E-state index contributed by atoms with van der Waals surface area (Å²) in [4.78, 5) is 26.2. The number of hydrogen-bond acceptors (Lipinski definition) is 3. The molecule has 2 rings (SSSR count). The zero-order valence-corrected chi connectivity index (χ0v) is 14.4. The van der Waals surface area contributed by atoms with Gasteiger partial charge in [0, 0.05) is 32.1 Å². The van der Waals surface area contributed by atoms with Crippen LogP contribution in [-0.4, -0.2) is 41.9 Å². The fraction of sp³-hybridized carbons (Fsp3) is 0.556. The molecule has 126 valence electrons. The SMILES string of the molecule is CC(=O)NC(CC(=O)N1CCNC(C)C1C)c1ccc(C)cc1. The van der Waals surface area contributed by atoms with Crippen LogP contribution >= 0.6 is 0 Å². The Balaban J connectivity index is 2.12.